The highest BCUT2D eigenvalue weighted by Gasteiger charge is 2.21. The van der Waals surface area contributed by atoms with Gasteiger partial charge in [-0.3, -0.25) is 4.79 Å². The fourth-order valence-corrected chi connectivity index (χ4v) is 2.53. The number of halogens is 1. The topological polar surface area (TPSA) is 60.0 Å². The third-order valence-electron chi connectivity index (χ3n) is 3.63. The maximum absolute atomic E-state index is 12.0. The van der Waals surface area contributed by atoms with Crippen LogP contribution in [-0.4, -0.2) is 50.8 Å². The molecule has 0 bridgehead atoms. The summed E-state index contributed by atoms with van der Waals surface area (Å²) in [6.07, 6.45) is 0. The third-order valence-corrected chi connectivity index (χ3v) is 3.83. The first-order valence-corrected chi connectivity index (χ1v) is 8.71. The standard InChI is InChI=1S/C17H25ClN2O4/c1-4-23-15-11-14(20-6-8-22-9-7-20)16(24-5-2)10-13(15)19-17(21)12(3)18/h10-12H,4-9H2,1-3H3,(H,19,21)/t12-/m1/s1. The van der Waals surface area contributed by atoms with E-state index < -0.39 is 5.38 Å². The van der Waals surface area contributed by atoms with Gasteiger partial charge in [0.25, 0.3) is 0 Å². The Morgan fingerprint density at radius 3 is 2.46 bits per heavy atom. The van der Waals surface area contributed by atoms with Crippen LogP contribution in [-0.2, 0) is 9.53 Å². The lowest BCUT2D eigenvalue weighted by atomic mass is 10.2. The summed E-state index contributed by atoms with van der Waals surface area (Å²) in [6.45, 7) is 9.42. The molecule has 0 aromatic heterocycles. The number of morpholine rings is 1. The molecule has 1 N–H and O–H groups in total. The Morgan fingerprint density at radius 2 is 1.88 bits per heavy atom. The third kappa shape index (κ3) is 4.68. The van der Waals surface area contributed by atoms with Crippen LogP contribution in [0.15, 0.2) is 12.1 Å². The smallest absolute Gasteiger partial charge is 0.242 e. The van der Waals surface area contributed by atoms with Crippen LogP contribution in [0.3, 0.4) is 0 Å². The Hall–Kier alpha value is -1.66. The maximum Gasteiger partial charge on any atom is 0.242 e. The van der Waals surface area contributed by atoms with Gasteiger partial charge >= 0.3 is 0 Å². The van der Waals surface area contributed by atoms with E-state index in [0.29, 0.717) is 43.6 Å². The second-order valence-corrected chi connectivity index (χ2v) is 6.04. The summed E-state index contributed by atoms with van der Waals surface area (Å²) in [6, 6.07) is 3.71. The van der Waals surface area contributed by atoms with Crippen LogP contribution in [0.25, 0.3) is 0 Å². The molecule has 1 fully saturated rings. The molecule has 1 aromatic rings. The number of anilines is 2. The molecule has 134 valence electrons. The molecule has 2 rings (SSSR count). The Morgan fingerprint density at radius 1 is 1.25 bits per heavy atom. The summed E-state index contributed by atoms with van der Waals surface area (Å²) < 4.78 is 16.9. The van der Waals surface area contributed by atoms with Crippen LogP contribution in [0.2, 0.25) is 0 Å². The van der Waals surface area contributed by atoms with Crippen molar-refractivity contribution in [3.05, 3.63) is 12.1 Å². The molecule has 1 aliphatic rings. The molecule has 0 unspecified atom stereocenters. The van der Waals surface area contributed by atoms with Crippen LogP contribution in [0, 0.1) is 0 Å². The number of carbonyl (C=O) groups excluding carboxylic acids is 1. The van der Waals surface area contributed by atoms with Crippen molar-refractivity contribution < 1.29 is 19.0 Å². The van der Waals surface area contributed by atoms with Crippen molar-refractivity contribution in [2.45, 2.75) is 26.1 Å². The first-order valence-electron chi connectivity index (χ1n) is 8.28. The van der Waals surface area contributed by atoms with E-state index in [1.807, 2.05) is 19.9 Å². The van der Waals surface area contributed by atoms with Crippen molar-refractivity contribution in [2.24, 2.45) is 0 Å². The predicted octanol–water partition coefficient (Wildman–Crippen LogP) is 2.89. The first kappa shape index (κ1) is 18.7. The largest absolute Gasteiger partial charge is 0.492 e. The van der Waals surface area contributed by atoms with Crippen molar-refractivity contribution in [1.29, 1.82) is 0 Å². The zero-order chi connectivity index (χ0) is 17.5. The minimum absolute atomic E-state index is 0.279. The van der Waals surface area contributed by atoms with Gasteiger partial charge < -0.3 is 24.4 Å². The molecular weight excluding hydrogens is 332 g/mol. The Bertz CT molecular complexity index is 560. The Kier molecular flexibility index (Phi) is 6.99. The Balaban J connectivity index is 2.39. The highest BCUT2D eigenvalue weighted by molar-refractivity contribution is 6.32. The fourth-order valence-electron chi connectivity index (χ4n) is 2.48. The average Bonchev–Trinajstić information content (AvgIpc) is 2.58. The lowest BCUT2D eigenvalue weighted by Crippen LogP contribution is -2.36. The summed E-state index contributed by atoms with van der Waals surface area (Å²) in [7, 11) is 0. The van der Waals surface area contributed by atoms with Crippen LogP contribution in [0.4, 0.5) is 11.4 Å². The van der Waals surface area contributed by atoms with Gasteiger partial charge in [-0.1, -0.05) is 0 Å². The first-order chi connectivity index (χ1) is 11.6. The van der Waals surface area contributed by atoms with E-state index in [1.165, 1.54) is 0 Å². The zero-order valence-electron chi connectivity index (χ0n) is 14.4. The number of nitrogens with one attached hydrogen (secondary N) is 1. The Labute approximate surface area is 148 Å². The summed E-state index contributed by atoms with van der Waals surface area (Å²) >= 11 is 5.86. The summed E-state index contributed by atoms with van der Waals surface area (Å²) in [5.41, 5.74) is 1.51. The predicted molar refractivity (Wildman–Crippen MR) is 95.8 cm³/mol. The van der Waals surface area contributed by atoms with Crippen molar-refractivity contribution in [2.75, 3.05) is 49.7 Å². The molecule has 1 amide bonds. The van der Waals surface area contributed by atoms with Crippen molar-refractivity contribution in [1.82, 2.24) is 0 Å². The number of hydrogen-bond donors (Lipinski definition) is 1. The van der Waals surface area contributed by atoms with Gasteiger partial charge in [0.05, 0.1) is 37.8 Å². The minimum atomic E-state index is -0.631. The number of rotatable bonds is 7. The quantitative estimate of drug-likeness (QED) is 0.761. The van der Waals surface area contributed by atoms with Gasteiger partial charge in [-0.15, -0.1) is 11.6 Å². The number of amides is 1. The van der Waals surface area contributed by atoms with Crippen LogP contribution >= 0.6 is 11.6 Å². The summed E-state index contributed by atoms with van der Waals surface area (Å²) in [5.74, 6) is 1.03. The number of nitrogens with zero attached hydrogens (tertiary/aromatic N) is 1. The second kappa shape index (κ2) is 8.99. The van der Waals surface area contributed by atoms with Crippen LogP contribution < -0.4 is 19.7 Å². The maximum atomic E-state index is 12.0. The van der Waals surface area contributed by atoms with Crippen molar-refractivity contribution in [3.63, 3.8) is 0 Å². The molecule has 0 aliphatic carbocycles. The summed E-state index contributed by atoms with van der Waals surface area (Å²) in [5, 5.41) is 2.17. The lowest BCUT2D eigenvalue weighted by Gasteiger charge is -2.31. The van der Waals surface area contributed by atoms with Crippen molar-refractivity contribution in [3.8, 4) is 11.5 Å². The molecule has 1 aromatic carbocycles. The number of ether oxygens (including phenoxy) is 3. The van der Waals surface area contributed by atoms with E-state index in [0.717, 1.165) is 18.8 Å². The molecular formula is C17H25ClN2O4. The molecule has 1 atom stereocenters. The fraction of sp³-hybridized carbons (Fsp3) is 0.588. The highest BCUT2D eigenvalue weighted by atomic mass is 35.5. The molecule has 1 heterocycles. The number of hydrogen-bond acceptors (Lipinski definition) is 5. The zero-order valence-corrected chi connectivity index (χ0v) is 15.2. The summed E-state index contributed by atoms with van der Waals surface area (Å²) in [4.78, 5) is 14.2. The van der Waals surface area contributed by atoms with Gasteiger partial charge in [0, 0.05) is 25.2 Å². The van der Waals surface area contributed by atoms with E-state index in [4.69, 9.17) is 25.8 Å². The molecule has 0 saturated carbocycles. The van der Waals surface area contributed by atoms with Crippen LogP contribution in [0.1, 0.15) is 20.8 Å². The van der Waals surface area contributed by atoms with Crippen molar-refractivity contribution >= 4 is 28.9 Å². The SMILES string of the molecule is CCOc1cc(N2CCOCC2)c(OCC)cc1NC(=O)[C@@H](C)Cl. The van der Waals surface area contributed by atoms with E-state index in [2.05, 4.69) is 10.2 Å². The van der Waals surface area contributed by atoms with Gasteiger partial charge in [0.2, 0.25) is 5.91 Å². The minimum Gasteiger partial charge on any atom is -0.492 e. The highest BCUT2D eigenvalue weighted by Crippen LogP contribution is 2.39. The average molecular weight is 357 g/mol. The second-order valence-electron chi connectivity index (χ2n) is 5.39. The number of alkyl halides is 1. The molecule has 1 aliphatic heterocycles. The van der Waals surface area contributed by atoms with E-state index >= 15 is 0 Å². The van der Waals surface area contributed by atoms with Gasteiger partial charge in [-0.05, 0) is 20.8 Å². The van der Waals surface area contributed by atoms with E-state index in [9.17, 15) is 4.79 Å². The number of benzene rings is 1. The van der Waals surface area contributed by atoms with Gasteiger partial charge in [-0.25, -0.2) is 0 Å². The lowest BCUT2D eigenvalue weighted by molar-refractivity contribution is -0.115. The van der Waals surface area contributed by atoms with E-state index in [1.54, 1.807) is 13.0 Å². The normalized spacial score (nSPS) is 15.8. The van der Waals surface area contributed by atoms with Crippen LogP contribution in [0.5, 0.6) is 11.5 Å². The number of carbonyl (C=O) groups is 1. The van der Waals surface area contributed by atoms with E-state index in [-0.39, 0.29) is 5.91 Å². The monoisotopic (exact) mass is 356 g/mol. The molecule has 24 heavy (non-hydrogen) atoms. The van der Waals surface area contributed by atoms with Gasteiger partial charge in [-0.2, -0.15) is 0 Å². The molecule has 0 spiro atoms. The molecule has 0 radical (unpaired) electrons. The molecule has 6 nitrogen and oxygen atoms in total. The van der Waals surface area contributed by atoms with Gasteiger partial charge in [0.1, 0.15) is 16.9 Å². The molecule has 1 saturated heterocycles. The molecule has 7 heteroatoms. The van der Waals surface area contributed by atoms with Gasteiger partial charge in [0.15, 0.2) is 0 Å².